The van der Waals surface area contributed by atoms with Gasteiger partial charge in [0.25, 0.3) is 11.7 Å². The summed E-state index contributed by atoms with van der Waals surface area (Å²) in [5, 5.41) is 11.5. The summed E-state index contributed by atoms with van der Waals surface area (Å²) in [5.41, 5.74) is 4.76. The van der Waals surface area contributed by atoms with Crippen LogP contribution in [0.25, 0.3) is 5.76 Å². The van der Waals surface area contributed by atoms with Gasteiger partial charge in [0.1, 0.15) is 11.5 Å². The quantitative estimate of drug-likeness (QED) is 0.221. The maximum Gasteiger partial charge on any atom is 0.337 e. The molecule has 4 rings (SSSR count). The van der Waals surface area contributed by atoms with Gasteiger partial charge in [0.2, 0.25) is 0 Å². The Morgan fingerprint density at radius 2 is 1.59 bits per heavy atom. The molecule has 190 valence electrons. The summed E-state index contributed by atoms with van der Waals surface area (Å²) in [6.07, 6.45) is 0. The van der Waals surface area contributed by atoms with Crippen molar-refractivity contribution >= 4 is 23.4 Å². The third kappa shape index (κ3) is 4.72. The maximum absolute atomic E-state index is 13.4. The summed E-state index contributed by atoms with van der Waals surface area (Å²) < 4.78 is 10.1. The van der Waals surface area contributed by atoms with Gasteiger partial charge in [0.05, 0.1) is 31.4 Å². The minimum Gasteiger partial charge on any atom is -0.507 e. The number of Topliss-reactive ketones (excluding diaryl/α,β-unsaturated/α-hetero) is 1. The van der Waals surface area contributed by atoms with Crippen LogP contribution in [0.2, 0.25) is 0 Å². The van der Waals surface area contributed by atoms with Crippen molar-refractivity contribution in [2.24, 2.45) is 0 Å². The number of nitrogens with zero attached hydrogens (tertiary/aromatic N) is 1. The van der Waals surface area contributed by atoms with E-state index in [-0.39, 0.29) is 17.9 Å². The van der Waals surface area contributed by atoms with Crippen molar-refractivity contribution in [2.45, 2.75) is 33.4 Å². The first kappa shape index (κ1) is 25.7. The molecular weight excluding hydrogens is 470 g/mol. The third-order valence-electron chi connectivity index (χ3n) is 6.75. The second kappa shape index (κ2) is 10.3. The highest BCUT2D eigenvalue weighted by molar-refractivity contribution is 6.46. The number of esters is 1. The maximum atomic E-state index is 13.4. The first-order valence-corrected chi connectivity index (χ1v) is 11.8. The highest BCUT2D eigenvalue weighted by Gasteiger charge is 2.46. The van der Waals surface area contributed by atoms with Gasteiger partial charge < -0.3 is 19.5 Å². The fourth-order valence-electron chi connectivity index (χ4n) is 4.73. The summed E-state index contributed by atoms with van der Waals surface area (Å²) in [5.74, 6) is -1.46. The lowest BCUT2D eigenvalue weighted by molar-refractivity contribution is -0.140. The third-order valence-corrected chi connectivity index (χ3v) is 6.75. The van der Waals surface area contributed by atoms with Crippen LogP contribution in [0, 0.1) is 20.8 Å². The van der Waals surface area contributed by atoms with Gasteiger partial charge in [-0.2, -0.15) is 0 Å². The number of hydrogen-bond donors (Lipinski definition) is 1. The average molecular weight is 500 g/mol. The fraction of sp³-hybridized carbons (Fsp3) is 0.233. The number of benzene rings is 3. The van der Waals surface area contributed by atoms with Crippen LogP contribution in [-0.2, 0) is 20.9 Å². The first-order valence-electron chi connectivity index (χ1n) is 11.8. The second-order valence-electron chi connectivity index (χ2n) is 9.11. The molecule has 1 aliphatic rings. The van der Waals surface area contributed by atoms with E-state index >= 15 is 0 Å². The van der Waals surface area contributed by atoms with Crippen LogP contribution in [0.4, 0.5) is 0 Å². The van der Waals surface area contributed by atoms with Crippen molar-refractivity contribution in [1.82, 2.24) is 4.90 Å². The molecule has 1 fully saturated rings. The Morgan fingerprint density at radius 3 is 2.22 bits per heavy atom. The number of amides is 1. The summed E-state index contributed by atoms with van der Waals surface area (Å²) >= 11 is 0. The van der Waals surface area contributed by atoms with Crippen LogP contribution in [0.5, 0.6) is 5.75 Å². The molecule has 1 heterocycles. The van der Waals surface area contributed by atoms with E-state index in [9.17, 15) is 19.5 Å². The summed E-state index contributed by atoms with van der Waals surface area (Å²) in [7, 11) is 2.88. The van der Waals surface area contributed by atoms with Crippen LogP contribution >= 0.6 is 0 Å². The highest BCUT2D eigenvalue weighted by Crippen LogP contribution is 2.42. The van der Waals surface area contributed by atoms with E-state index in [4.69, 9.17) is 9.47 Å². The topological polar surface area (TPSA) is 93.1 Å². The molecule has 1 N–H and O–H groups in total. The minimum absolute atomic E-state index is 0.0400. The molecule has 37 heavy (non-hydrogen) atoms. The van der Waals surface area contributed by atoms with Crippen LogP contribution in [-0.4, -0.2) is 41.9 Å². The normalized spacial score (nSPS) is 16.7. The van der Waals surface area contributed by atoms with E-state index < -0.39 is 23.7 Å². The van der Waals surface area contributed by atoms with Gasteiger partial charge in [-0.25, -0.2) is 4.79 Å². The number of carbonyl (C=O) groups is 3. The Kier molecular flexibility index (Phi) is 7.16. The van der Waals surface area contributed by atoms with Gasteiger partial charge in [0.15, 0.2) is 0 Å². The fourth-order valence-corrected chi connectivity index (χ4v) is 4.73. The van der Waals surface area contributed by atoms with Crippen LogP contribution < -0.4 is 4.74 Å². The van der Waals surface area contributed by atoms with E-state index in [1.165, 1.54) is 12.0 Å². The highest BCUT2D eigenvalue weighted by atomic mass is 16.5. The number of hydrogen-bond acceptors (Lipinski definition) is 6. The van der Waals surface area contributed by atoms with Crippen molar-refractivity contribution in [1.29, 1.82) is 0 Å². The van der Waals surface area contributed by atoms with Gasteiger partial charge in [-0.3, -0.25) is 9.59 Å². The van der Waals surface area contributed by atoms with Crippen LogP contribution in [0.15, 0.2) is 66.2 Å². The number of ketones is 1. The van der Waals surface area contributed by atoms with E-state index in [0.717, 1.165) is 22.3 Å². The number of likely N-dealkylation sites (tertiary alicyclic amines) is 1. The molecule has 3 aromatic carbocycles. The van der Waals surface area contributed by atoms with Crippen molar-refractivity contribution < 1.29 is 29.0 Å². The number of methoxy groups -OCH3 is 2. The predicted molar refractivity (Wildman–Crippen MR) is 139 cm³/mol. The minimum atomic E-state index is -0.789. The number of aliphatic hydroxyl groups excluding tert-OH is 1. The van der Waals surface area contributed by atoms with E-state index in [0.29, 0.717) is 22.4 Å². The standard InChI is InChI=1S/C30H29NO6/c1-17-8-6-7-9-22(17)26-25(27(32)23-14-19(3)24(36-4)15-18(23)2)28(33)29(34)31(26)16-20-10-12-21(13-11-20)30(35)37-5/h6-15,26,32H,16H2,1-5H3/b27-25+. The van der Waals surface area contributed by atoms with E-state index in [2.05, 4.69) is 0 Å². The lowest BCUT2D eigenvalue weighted by Crippen LogP contribution is -2.29. The zero-order valence-corrected chi connectivity index (χ0v) is 21.5. The smallest absolute Gasteiger partial charge is 0.337 e. The molecule has 7 heteroatoms. The van der Waals surface area contributed by atoms with Gasteiger partial charge in [-0.15, -0.1) is 0 Å². The van der Waals surface area contributed by atoms with Crippen LogP contribution in [0.3, 0.4) is 0 Å². The lowest BCUT2D eigenvalue weighted by Gasteiger charge is -2.27. The Bertz CT molecular complexity index is 1420. The predicted octanol–water partition coefficient (Wildman–Crippen LogP) is 5.03. The zero-order chi connectivity index (χ0) is 26.9. The molecule has 0 saturated carbocycles. The van der Waals surface area contributed by atoms with E-state index in [1.807, 2.05) is 45.0 Å². The molecule has 1 atom stereocenters. The van der Waals surface area contributed by atoms with Crippen molar-refractivity contribution in [3.63, 3.8) is 0 Å². The van der Waals surface area contributed by atoms with Gasteiger partial charge in [-0.1, -0.05) is 36.4 Å². The molecule has 1 unspecified atom stereocenters. The molecule has 0 radical (unpaired) electrons. The Labute approximate surface area is 215 Å². The van der Waals surface area contributed by atoms with Gasteiger partial charge in [0, 0.05) is 12.1 Å². The van der Waals surface area contributed by atoms with Gasteiger partial charge in [-0.05, 0) is 72.9 Å². The Morgan fingerprint density at radius 1 is 0.919 bits per heavy atom. The number of aliphatic hydroxyl groups is 1. The second-order valence-corrected chi connectivity index (χ2v) is 9.11. The largest absolute Gasteiger partial charge is 0.507 e. The molecule has 3 aromatic rings. The molecule has 0 aromatic heterocycles. The SMILES string of the molecule is COC(=O)c1ccc(CN2C(=O)C(=O)/C(=C(/O)c3cc(C)c(OC)cc3C)C2c2ccccc2C)cc1. The molecule has 1 amide bonds. The molecular formula is C30H29NO6. The monoisotopic (exact) mass is 499 g/mol. The number of rotatable bonds is 6. The summed E-state index contributed by atoms with van der Waals surface area (Å²) in [6, 6.07) is 16.9. The molecule has 1 aliphatic heterocycles. The van der Waals surface area contributed by atoms with Crippen LogP contribution in [0.1, 0.15) is 49.8 Å². The number of aryl methyl sites for hydroxylation is 3. The molecule has 0 bridgehead atoms. The molecule has 1 saturated heterocycles. The number of carbonyl (C=O) groups excluding carboxylic acids is 3. The molecule has 0 spiro atoms. The van der Waals surface area contributed by atoms with Crippen molar-refractivity contribution in [3.05, 3.63) is 105 Å². The zero-order valence-electron chi connectivity index (χ0n) is 21.5. The Hall–Kier alpha value is -4.39. The molecule has 7 nitrogen and oxygen atoms in total. The summed E-state index contributed by atoms with van der Waals surface area (Å²) in [4.78, 5) is 40.1. The van der Waals surface area contributed by atoms with Gasteiger partial charge >= 0.3 is 5.97 Å². The Balaban J connectivity index is 1.85. The first-order chi connectivity index (χ1) is 17.7. The number of ether oxygens (including phenoxy) is 2. The molecule has 0 aliphatic carbocycles. The lowest BCUT2D eigenvalue weighted by atomic mass is 9.91. The van der Waals surface area contributed by atoms with Crippen molar-refractivity contribution in [3.8, 4) is 5.75 Å². The summed E-state index contributed by atoms with van der Waals surface area (Å²) in [6.45, 7) is 5.69. The van der Waals surface area contributed by atoms with E-state index in [1.54, 1.807) is 43.5 Å². The average Bonchev–Trinajstić information content (AvgIpc) is 3.14. The van der Waals surface area contributed by atoms with Crippen molar-refractivity contribution in [2.75, 3.05) is 14.2 Å².